The lowest BCUT2D eigenvalue weighted by Crippen LogP contribution is -2.43. The number of carbonyl (C=O) groups is 2. The van der Waals surface area contributed by atoms with Crippen molar-refractivity contribution in [1.82, 2.24) is 15.6 Å². The fourth-order valence-corrected chi connectivity index (χ4v) is 5.14. The molecule has 0 radical (unpaired) electrons. The summed E-state index contributed by atoms with van der Waals surface area (Å²) in [6.45, 7) is 6.59. The zero-order valence-electron chi connectivity index (χ0n) is 18.0. The van der Waals surface area contributed by atoms with Crippen molar-refractivity contribution in [3.63, 3.8) is 0 Å². The van der Waals surface area contributed by atoms with Gasteiger partial charge in [-0.25, -0.2) is 10.4 Å². The molecule has 1 fully saturated rings. The summed E-state index contributed by atoms with van der Waals surface area (Å²) in [5.74, 6) is -0.208. The van der Waals surface area contributed by atoms with Crippen molar-refractivity contribution in [3.05, 3.63) is 53.6 Å². The van der Waals surface area contributed by atoms with Gasteiger partial charge in [-0.3, -0.25) is 9.59 Å². The fourth-order valence-electron chi connectivity index (χ4n) is 4.11. The molecule has 0 aliphatic carbocycles. The molecule has 164 valence electrons. The second-order valence-corrected chi connectivity index (χ2v) is 9.03. The van der Waals surface area contributed by atoms with Crippen molar-refractivity contribution in [3.8, 4) is 0 Å². The van der Waals surface area contributed by atoms with Crippen molar-refractivity contribution < 1.29 is 9.59 Å². The molecule has 1 saturated heterocycles. The minimum absolute atomic E-state index is 0.0999. The SMILES string of the molecule is CCNN1C(=O)c2ccccc2Sc2ccc(C(=O)NCCCN3CCCCC3)cc21. The van der Waals surface area contributed by atoms with Crippen LogP contribution in [0.15, 0.2) is 52.3 Å². The van der Waals surface area contributed by atoms with Crippen LogP contribution in [0.1, 0.15) is 53.3 Å². The van der Waals surface area contributed by atoms with Gasteiger partial charge in [0.05, 0.1) is 11.3 Å². The Morgan fingerprint density at radius 2 is 1.87 bits per heavy atom. The van der Waals surface area contributed by atoms with Gasteiger partial charge in [0.2, 0.25) is 0 Å². The van der Waals surface area contributed by atoms with E-state index in [1.54, 1.807) is 16.8 Å². The Morgan fingerprint density at radius 3 is 2.68 bits per heavy atom. The highest BCUT2D eigenvalue weighted by atomic mass is 32.2. The van der Waals surface area contributed by atoms with Gasteiger partial charge in [-0.05, 0) is 69.2 Å². The Bertz CT molecular complexity index is 943. The van der Waals surface area contributed by atoms with Gasteiger partial charge in [-0.15, -0.1) is 0 Å². The highest BCUT2D eigenvalue weighted by Crippen LogP contribution is 2.41. The summed E-state index contributed by atoms with van der Waals surface area (Å²) in [5, 5.41) is 4.61. The molecule has 2 aliphatic heterocycles. The van der Waals surface area contributed by atoms with Crippen LogP contribution in [0, 0.1) is 0 Å². The van der Waals surface area contributed by atoms with E-state index >= 15 is 0 Å². The van der Waals surface area contributed by atoms with E-state index in [1.807, 2.05) is 49.4 Å². The summed E-state index contributed by atoms with van der Waals surface area (Å²) in [6.07, 6.45) is 4.85. The normalized spacial score (nSPS) is 16.4. The Hall–Kier alpha value is -2.35. The topological polar surface area (TPSA) is 64.7 Å². The van der Waals surface area contributed by atoms with E-state index in [1.165, 1.54) is 32.4 Å². The number of anilines is 1. The summed E-state index contributed by atoms with van der Waals surface area (Å²) in [6, 6.07) is 13.2. The molecule has 4 rings (SSSR count). The molecule has 2 aliphatic rings. The zero-order valence-corrected chi connectivity index (χ0v) is 18.8. The third-order valence-corrected chi connectivity index (χ3v) is 6.85. The molecular formula is C24H30N4O2S. The Labute approximate surface area is 188 Å². The predicted octanol–water partition coefficient (Wildman–Crippen LogP) is 3.93. The molecular weight excluding hydrogens is 408 g/mol. The molecule has 0 saturated carbocycles. The summed E-state index contributed by atoms with van der Waals surface area (Å²) >= 11 is 1.55. The minimum Gasteiger partial charge on any atom is -0.352 e. The van der Waals surface area contributed by atoms with Crippen LogP contribution in [-0.4, -0.2) is 49.4 Å². The van der Waals surface area contributed by atoms with E-state index in [0.717, 1.165) is 22.8 Å². The highest BCUT2D eigenvalue weighted by Gasteiger charge is 2.27. The lowest BCUT2D eigenvalue weighted by Gasteiger charge is -2.26. The third kappa shape index (κ3) is 5.11. The van der Waals surface area contributed by atoms with Crippen molar-refractivity contribution >= 4 is 29.3 Å². The van der Waals surface area contributed by atoms with E-state index in [2.05, 4.69) is 15.6 Å². The van der Waals surface area contributed by atoms with Crippen LogP contribution in [0.5, 0.6) is 0 Å². The van der Waals surface area contributed by atoms with Crippen molar-refractivity contribution in [2.24, 2.45) is 0 Å². The van der Waals surface area contributed by atoms with Gasteiger partial charge in [0, 0.05) is 28.4 Å². The molecule has 2 amide bonds. The maximum absolute atomic E-state index is 13.2. The van der Waals surface area contributed by atoms with E-state index in [-0.39, 0.29) is 11.8 Å². The lowest BCUT2D eigenvalue weighted by molar-refractivity contribution is 0.0946. The average molecular weight is 439 g/mol. The smallest absolute Gasteiger partial charge is 0.273 e. The van der Waals surface area contributed by atoms with Gasteiger partial charge in [-0.2, -0.15) is 0 Å². The maximum atomic E-state index is 13.2. The Balaban J connectivity index is 1.46. The zero-order chi connectivity index (χ0) is 21.6. The monoisotopic (exact) mass is 438 g/mol. The number of amides is 2. The van der Waals surface area contributed by atoms with Crippen molar-refractivity contribution in [2.75, 3.05) is 37.7 Å². The molecule has 0 aromatic heterocycles. The number of hydrazine groups is 1. The van der Waals surface area contributed by atoms with Gasteiger partial charge in [0.25, 0.3) is 11.8 Å². The molecule has 0 bridgehead atoms. The van der Waals surface area contributed by atoms with E-state index in [0.29, 0.717) is 29.9 Å². The van der Waals surface area contributed by atoms with Crippen LogP contribution in [-0.2, 0) is 0 Å². The summed E-state index contributed by atoms with van der Waals surface area (Å²) in [7, 11) is 0. The Morgan fingerprint density at radius 1 is 1.06 bits per heavy atom. The lowest BCUT2D eigenvalue weighted by atomic mass is 10.1. The van der Waals surface area contributed by atoms with Crippen LogP contribution in [0.4, 0.5) is 5.69 Å². The maximum Gasteiger partial charge on any atom is 0.273 e. The molecule has 31 heavy (non-hydrogen) atoms. The molecule has 0 spiro atoms. The number of hydrogen-bond donors (Lipinski definition) is 2. The number of rotatable bonds is 7. The summed E-state index contributed by atoms with van der Waals surface area (Å²) < 4.78 is 0. The van der Waals surface area contributed by atoms with Crippen molar-refractivity contribution in [1.29, 1.82) is 0 Å². The van der Waals surface area contributed by atoms with Gasteiger partial charge >= 0.3 is 0 Å². The largest absolute Gasteiger partial charge is 0.352 e. The third-order valence-electron chi connectivity index (χ3n) is 5.70. The molecule has 2 N–H and O–H groups in total. The summed E-state index contributed by atoms with van der Waals surface area (Å²) in [5.41, 5.74) is 5.11. The Kier molecular flexibility index (Phi) is 7.27. The predicted molar refractivity (Wildman–Crippen MR) is 125 cm³/mol. The van der Waals surface area contributed by atoms with Gasteiger partial charge in [-0.1, -0.05) is 37.2 Å². The number of hydrogen-bond acceptors (Lipinski definition) is 5. The first-order chi connectivity index (χ1) is 15.2. The fraction of sp³-hybridized carbons (Fsp3) is 0.417. The first-order valence-corrected chi connectivity index (χ1v) is 12.0. The van der Waals surface area contributed by atoms with Crippen LogP contribution in [0.2, 0.25) is 0 Å². The molecule has 2 aromatic carbocycles. The first kappa shape index (κ1) is 21.9. The van der Waals surface area contributed by atoms with E-state index < -0.39 is 0 Å². The second kappa shape index (κ2) is 10.3. The quantitative estimate of drug-likeness (QED) is 0.642. The number of piperidine rings is 1. The van der Waals surface area contributed by atoms with Gasteiger partial charge < -0.3 is 10.2 Å². The van der Waals surface area contributed by atoms with E-state index in [9.17, 15) is 9.59 Å². The number of benzene rings is 2. The second-order valence-electron chi connectivity index (χ2n) is 7.94. The molecule has 7 heteroatoms. The van der Waals surface area contributed by atoms with Gasteiger partial charge in [0.15, 0.2) is 0 Å². The van der Waals surface area contributed by atoms with Crippen molar-refractivity contribution in [2.45, 2.75) is 42.4 Å². The van der Waals surface area contributed by atoms with E-state index in [4.69, 9.17) is 0 Å². The van der Waals surface area contributed by atoms with Crippen LogP contribution in [0.3, 0.4) is 0 Å². The molecule has 2 heterocycles. The standard InChI is InChI=1S/C24H30N4O2S/c1-2-26-28-20-17-18(23(29)25-13-8-16-27-14-6-3-7-15-27)11-12-22(20)31-21-10-5-4-9-19(21)24(28)30/h4-5,9-12,17,26H,2-3,6-8,13-16H2,1H3,(H,25,29). The number of nitrogens with one attached hydrogen (secondary N) is 2. The number of fused-ring (bicyclic) bond motifs is 2. The number of likely N-dealkylation sites (tertiary alicyclic amines) is 1. The molecule has 2 aromatic rings. The van der Waals surface area contributed by atoms with Gasteiger partial charge in [0.1, 0.15) is 0 Å². The molecule has 0 unspecified atom stereocenters. The van der Waals surface area contributed by atoms with Crippen LogP contribution < -0.4 is 15.8 Å². The van der Waals surface area contributed by atoms with Crippen LogP contribution in [0.25, 0.3) is 0 Å². The number of carbonyl (C=O) groups excluding carboxylic acids is 2. The van der Waals surface area contributed by atoms with Crippen LogP contribution >= 0.6 is 11.8 Å². The first-order valence-electron chi connectivity index (χ1n) is 11.2. The molecule has 0 atom stereocenters. The number of nitrogens with zero attached hydrogens (tertiary/aromatic N) is 2. The molecule has 6 nitrogen and oxygen atoms in total. The summed E-state index contributed by atoms with van der Waals surface area (Å²) in [4.78, 5) is 30.3. The highest BCUT2D eigenvalue weighted by molar-refractivity contribution is 7.99. The average Bonchev–Trinajstić information content (AvgIpc) is 2.92. The minimum atomic E-state index is -0.109.